The summed E-state index contributed by atoms with van der Waals surface area (Å²) in [6.07, 6.45) is 4.86. The van der Waals surface area contributed by atoms with E-state index in [-0.39, 0.29) is 5.56 Å². The third kappa shape index (κ3) is 2.57. The minimum atomic E-state index is -0.248. The lowest BCUT2D eigenvalue weighted by Crippen LogP contribution is -2.19. The zero-order valence-corrected chi connectivity index (χ0v) is 9.37. The summed E-state index contributed by atoms with van der Waals surface area (Å²) < 4.78 is 1.15. The second-order valence-electron chi connectivity index (χ2n) is 3.64. The summed E-state index contributed by atoms with van der Waals surface area (Å²) in [5.41, 5.74) is 7.10. The van der Waals surface area contributed by atoms with Crippen molar-refractivity contribution in [2.75, 3.05) is 5.73 Å². The maximum absolute atomic E-state index is 11.6. The number of hydrogen-bond donors (Lipinski definition) is 1. The first-order valence-electron chi connectivity index (χ1n) is 5.10. The van der Waals surface area contributed by atoms with Crippen molar-refractivity contribution in [2.24, 2.45) is 5.10 Å². The maximum atomic E-state index is 11.6. The van der Waals surface area contributed by atoms with Gasteiger partial charge in [0.05, 0.1) is 6.21 Å². The van der Waals surface area contributed by atoms with Gasteiger partial charge in [0, 0.05) is 24.0 Å². The summed E-state index contributed by atoms with van der Waals surface area (Å²) in [6.45, 7) is 1.81. The van der Waals surface area contributed by atoms with Crippen molar-refractivity contribution >= 4 is 12.0 Å². The van der Waals surface area contributed by atoms with Gasteiger partial charge in [-0.05, 0) is 24.6 Å². The van der Waals surface area contributed by atoms with Gasteiger partial charge in [-0.25, -0.2) is 0 Å². The number of aromatic nitrogens is 2. The van der Waals surface area contributed by atoms with Crippen LogP contribution in [0.4, 0.5) is 5.82 Å². The van der Waals surface area contributed by atoms with Crippen molar-refractivity contribution in [2.45, 2.75) is 6.92 Å². The smallest absolute Gasteiger partial charge is 0.273 e. The standard InChI is InChI=1S/C12H12N4O/c1-9-5-11(13)16(12(17)6-9)15-8-10-3-2-4-14-7-10/h2-8H,13H2,1H3/b15-8-. The van der Waals surface area contributed by atoms with Crippen molar-refractivity contribution in [3.8, 4) is 0 Å². The van der Waals surface area contributed by atoms with Crippen molar-refractivity contribution in [1.82, 2.24) is 9.66 Å². The van der Waals surface area contributed by atoms with Crippen LogP contribution in [0.3, 0.4) is 0 Å². The maximum Gasteiger partial charge on any atom is 0.273 e. The van der Waals surface area contributed by atoms with Crippen molar-refractivity contribution in [3.05, 3.63) is 58.1 Å². The molecule has 2 aromatic heterocycles. The van der Waals surface area contributed by atoms with E-state index >= 15 is 0 Å². The summed E-state index contributed by atoms with van der Waals surface area (Å²) >= 11 is 0. The minimum Gasteiger partial charge on any atom is -0.384 e. The molecule has 0 saturated heterocycles. The third-order valence-corrected chi connectivity index (χ3v) is 2.19. The Hall–Kier alpha value is -2.43. The van der Waals surface area contributed by atoms with Crippen LogP contribution >= 0.6 is 0 Å². The normalized spacial score (nSPS) is 10.9. The predicted molar refractivity (Wildman–Crippen MR) is 67.1 cm³/mol. The molecule has 0 aliphatic heterocycles. The monoisotopic (exact) mass is 228 g/mol. The molecule has 0 aliphatic rings. The second kappa shape index (κ2) is 4.61. The average molecular weight is 228 g/mol. The zero-order chi connectivity index (χ0) is 12.3. The van der Waals surface area contributed by atoms with Crippen LogP contribution in [0, 0.1) is 6.92 Å². The molecule has 2 aromatic rings. The highest BCUT2D eigenvalue weighted by Gasteiger charge is 1.99. The van der Waals surface area contributed by atoms with Gasteiger partial charge in [0.15, 0.2) is 0 Å². The highest BCUT2D eigenvalue weighted by Crippen LogP contribution is 2.02. The van der Waals surface area contributed by atoms with E-state index < -0.39 is 0 Å². The number of aryl methyl sites for hydroxylation is 1. The van der Waals surface area contributed by atoms with Crippen molar-refractivity contribution in [1.29, 1.82) is 0 Å². The molecular weight excluding hydrogens is 216 g/mol. The Labute approximate surface area is 98.2 Å². The summed E-state index contributed by atoms with van der Waals surface area (Å²) in [5, 5.41) is 4.03. The third-order valence-electron chi connectivity index (χ3n) is 2.19. The number of nitrogen functional groups attached to an aromatic ring is 1. The fourth-order valence-electron chi connectivity index (χ4n) is 1.42. The molecule has 0 unspecified atom stereocenters. The quantitative estimate of drug-likeness (QED) is 0.780. The topological polar surface area (TPSA) is 73.3 Å². The largest absolute Gasteiger partial charge is 0.384 e. The molecule has 0 radical (unpaired) electrons. The SMILES string of the molecule is Cc1cc(N)n(/N=C\c2cccnc2)c(=O)c1. The number of nitrogens with zero attached hydrogens (tertiary/aromatic N) is 3. The molecule has 2 N–H and O–H groups in total. The molecule has 5 nitrogen and oxygen atoms in total. The van der Waals surface area contributed by atoms with Gasteiger partial charge in [0.25, 0.3) is 5.56 Å². The molecule has 0 atom stereocenters. The van der Waals surface area contributed by atoms with Gasteiger partial charge in [-0.2, -0.15) is 9.78 Å². The number of rotatable bonds is 2. The number of anilines is 1. The van der Waals surface area contributed by atoms with Crippen molar-refractivity contribution in [3.63, 3.8) is 0 Å². The molecule has 0 saturated carbocycles. The van der Waals surface area contributed by atoms with Crippen LogP contribution in [0.5, 0.6) is 0 Å². The molecule has 0 fully saturated rings. The molecular formula is C12H12N4O. The van der Waals surface area contributed by atoms with Gasteiger partial charge in [0.2, 0.25) is 0 Å². The highest BCUT2D eigenvalue weighted by molar-refractivity contribution is 5.78. The van der Waals surface area contributed by atoms with Gasteiger partial charge >= 0.3 is 0 Å². The molecule has 17 heavy (non-hydrogen) atoms. The Kier molecular flexibility index (Phi) is 3.00. The lowest BCUT2D eigenvalue weighted by molar-refractivity contribution is 0.843. The zero-order valence-electron chi connectivity index (χ0n) is 9.37. The van der Waals surface area contributed by atoms with Gasteiger partial charge in [0.1, 0.15) is 5.82 Å². The first-order valence-corrected chi connectivity index (χ1v) is 5.10. The van der Waals surface area contributed by atoms with Crippen LogP contribution in [0.15, 0.2) is 46.6 Å². The molecule has 5 heteroatoms. The Balaban J connectivity index is 2.37. The highest BCUT2D eigenvalue weighted by atomic mass is 16.1. The van der Waals surface area contributed by atoms with E-state index in [4.69, 9.17) is 5.73 Å². The summed E-state index contributed by atoms with van der Waals surface area (Å²) in [5.74, 6) is 0.315. The van der Waals surface area contributed by atoms with Crippen LogP contribution in [-0.4, -0.2) is 15.9 Å². The number of nitrogens with two attached hydrogens (primary N) is 1. The fraction of sp³-hybridized carbons (Fsp3) is 0.0833. The van der Waals surface area contributed by atoms with Gasteiger partial charge in [-0.1, -0.05) is 6.07 Å². The van der Waals surface area contributed by atoms with E-state index in [1.165, 1.54) is 6.07 Å². The van der Waals surface area contributed by atoms with Crippen LogP contribution in [0.1, 0.15) is 11.1 Å². The summed E-state index contributed by atoms with van der Waals surface area (Å²) in [6, 6.07) is 6.81. The van der Waals surface area contributed by atoms with E-state index in [1.807, 2.05) is 13.0 Å². The molecule has 0 aliphatic carbocycles. The summed E-state index contributed by atoms with van der Waals surface area (Å²) in [4.78, 5) is 15.6. The Morgan fingerprint density at radius 3 is 2.94 bits per heavy atom. The van der Waals surface area contributed by atoms with Crippen LogP contribution < -0.4 is 11.3 Å². The number of pyridine rings is 2. The Morgan fingerprint density at radius 2 is 2.29 bits per heavy atom. The molecule has 0 amide bonds. The number of hydrogen-bond acceptors (Lipinski definition) is 4. The van der Waals surface area contributed by atoms with Gasteiger partial charge in [-0.15, -0.1) is 0 Å². The Morgan fingerprint density at radius 1 is 1.47 bits per heavy atom. The Bertz CT molecular complexity index is 602. The minimum absolute atomic E-state index is 0.248. The first-order chi connectivity index (χ1) is 8.16. The van der Waals surface area contributed by atoms with E-state index in [9.17, 15) is 4.79 Å². The predicted octanol–water partition coefficient (Wildman–Crippen LogP) is 1.02. The van der Waals surface area contributed by atoms with Crippen LogP contribution in [0.2, 0.25) is 0 Å². The lowest BCUT2D eigenvalue weighted by atomic mass is 10.3. The first kappa shape index (κ1) is 11.1. The lowest BCUT2D eigenvalue weighted by Gasteiger charge is -2.03. The fourth-order valence-corrected chi connectivity index (χ4v) is 1.42. The molecule has 0 aromatic carbocycles. The van der Waals surface area contributed by atoms with E-state index in [2.05, 4.69) is 10.1 Å². The second-order valence-corrected chi connectivity index (χ2v) is 3.64. The van der Waals surface area contributed by atoms with E-state index in [0.29, 0.717) is 5.82 Å². The van der Waals surface area contributed by atoms with Gasteiger partial charge in [-0.3, -0.25) is 9.78 Å². The summed E-state index contributed by atoms with van der Waals surface area (Å²) in [7, 11) is 0. The molecule has 2 rings (SSSR count). The van der Waals surface area contributed by atoms with Crippen molar-refractivity contribution < 1.29 is 0 Å². The molecule has 0 spiro atoms. The van der Waals surface area contributed by atoms with E-state index in [1.54, 1.807) is 30.7 Å². The van der Waals surface area contributed by atoms with E-state index in [0.717, 1.165) is 15.8 Å². The average Bonchev–Trinajstić information content (AvgIpc) is 2.29. The molecule has 86 valence electrons. The molecule has 2 heterocycles. The molecule has 0 bridgehead atoms. The van der Waals surface area contributed by atoms with Crippen LogP contribution in [-0.2, 0) is 0 Å². The van der Waals surface area contributed by atoms with Gasteiger partial charge < -0.3 is 5.73 Å². The van der Waals surface area contributed by atoms with Crippen LogP contribution in [0.25, 0.3) is 0 Å².